The van der Waals surface area contributed by atoms with Gasteiger partial charge in [-0.2, -0.15) is 0 Å². The van der Waals surface area contributed by atoms with Gasteiger partial charge in [0, 0.05) is 18.1 Å². The first-order valence-corrected chi connectivity index (χ1v) is 7.48. The van der Waals surface area contributed by atoms with Crippen LogP contribution in [0.5, 0.6) is 0 Å². The van der Waals surface area contributed by atoms with Crippen molar-refractivity contribution in [2.75, 3.05) is 26.7 Å². The van der Waals surface area contributed by atoms with Gasteiger partial charge in [-0.25, -0.2) is 0 Å². The first-order chi connectivity index (χ1) is 8.41. The molecular formula is C15H32N2O. The van der Waals surface area contributed by atoms with Gasteiger partial charge in [0.05, 0.1) is 6.61 Å². The predicted octanol–water partition coefficient (Wildman–Crippen LogP) is 2.10. The molecular weight excluding hydrogens is 224 g/mol. The number of hydrogen-bond acceptors (Lipinski definition) is 3. The molecule has 0 aromatic carbocycles. The van der Waals surface area contributed by atoms with E-state index in [9.17, 15) is 5.11 Å². The smallest absolute Gasteiger partial charge is 0.0611 e. The molecule has 2 N–H and O–H groups in total. The Kier molecular flexibility index (Phi) is 6.09. The Bertz CT molecular complexity index is 247. The first kappa shape index (κ1) is 15.9. The molecule has 0 aromatic rings. The van der Waals surface area contributed by atoms with Crippen molar-refractivity contribution in [1.82, 2.24) is 10.2 Å². The van der Waals surface area contributed by atoms with Gasteiger partial charge in [-0.1, -0.05) is 13.8 Å². The average Bonchev–Trinajstić information content (AvgIpc) is 3.02. The highest BCUT2D eigenvalue weighted by atomic mass is 16.3. The monoisotopic (exact) mass is 256 g/mol. The van der Waals surface area contributed by atoms with E-state index in [-0.39, 0.29) is 12.1 Å². The number of aliphatic hydroxyl groups is 1. The van der Waals surface area contributed by atoms with E-state index in [2.05, 4.69) is 45.0 Å². The van der Waals surface area contributed by atoms with Crippen molar-refractivity contribution in [3.8, 4) is 0 Å². The third-order valence-corrected chi connectivity index (χ3v) is 4.45. The molecule has 1 saturated carbocycles. The summed E-state index contributed by atoms with van der Waals surface area (Å²) < 4.78 is 0. The Morgan fingerprint density at radius 3 is 2.56 bits per heavy atom. The van der Waals surface area contributed by atoms with Crippen molar-refractivity contribution in [1.29, 1.82) is 0 Å². The maximum atomic E-state index is 9.60. The topological polar surface area (TPSA) is 35.5 Å². The first-order valence-electron chi connectivity index (χ1n) is 7.48. The van der Waals surface area contributed by atoms with E-state index >= 15 is 0 Å². The number of rotatable bonds is 9. The van der Waals surface area contributed by atoms with Crippen LogP contribution >= 0.6 is 0 Å². The minimum atomic E-state index is -0.140. The van der Waals surface area contributed by atoms with Crippen LogP contribution in [0.3, 0.4) is 0 Å². The average molecular weight is 256 g/mol. The molecule has 0 saturated heterocycles. The third kappa shape index (κ3) is 4.87. The second-order valence-corrected chi connectivity index (χ2v) is 6.61. The quantitative estimate of drug-likeness (QED) is 0.663. The van der Waals surface area contributed by atoms with Crippen LogP contribution in [0.15, 0.2) is 0 Å². The highest BCUT2D eigenvalue weighted by Gasteiger charge is 2.35. The molecule has 0 bridgehead atoms. The van der Waals surface area contributed by atoms with Crippen LogP contribution in [0.25, 0.3) is 0 Å². The lowest BCUT2D eigenvalue weighted by molar-refractivity contribution is 0.124. The summed E-state index contributed by atoms with van der Waals surface area (Å²) in [6.07, 6.45) is 3.50. The number of nitrogens with one attached hydrogen (secondary N) is 1. The van der Waals surface area contributed by atoms with E-state index in [1.54, 1.807) is 0 Å². The Balaban J connectivity index is 2.37. The van der Waals surface area contributed by atoms with Gasteiger partial charge >= 0.3 is 0 Å². The largest absolute Gasteiger partial charge is 0.394 e. The van der Waals surface area contributed by atoms with Crippen LogP contribution in [0.1, 0.15) is 47.0 Å². The van der Waals surface area contributed by atoms with E-state index in [4.69, 9.17) is 0 Å². The van der Waals surface area contributed by atoms with Crippen molar-refractivity contribution in [3.05, 3.63) is 0 Å². The van der Waals surface area contributed by atoms with E-state index in [1.165, 1.54) is 13.0 Å². The van der Waals surface area contributed by atoms with Crippen LogP contribution in [0, 0.1) is 11.8 Å². The molecule has 18 heavy (non-hydrogen) atoms. The lowest BCUT2D eigenvalue weighted by Crippen LogP contribution is -2.50. The molecule has 0 spiro atoms. The normalized spacial score (nSPS) is 28.2. The molecule has 0 aromatic heterocycles. The summed E-state index contributed by atoms with van der Waals surface area (Å²) in [7, 11) is 2.22. The van der Waals surface area contributed by atoms with Gasteiger partial charge in [0.25, 0.3) is 0 Å². The van der Waals surface area contributed by atoms with Crippen molar-refractivity contribution >= 4 is 0 Å². The fraction of sp³-hybridized carbons (Fsp3) is 1.00. The maximum absolute atomic E-state index is 9.60. The van der Waals surface area contributed by atoms with Crippen LogP contribution in [-0.2, 0) is 0 Å². The Morgan fingerprint density at radius 1 is 1.50 bits per heavy atom. The molecule has 108 valence electrons. The van der Waals surface area contributed by atoms with Crippen LogP contribution < -0.4 is 5.32 Å². The Labute approximate surface area is 113 Å². The van der Waals surface area contributed by atoms with E-state index in [1.807, 2.05) is 0 Å². The fourth-order valence-electron chi connectivity index (χ4n) is 2.63. The summed E-state index contributed by atoms with van der Waals surface area (Å²) in [6, 6.07) is 0.513. The summed E-state index contributed by atoms with van der Waals surface area (Å²) in [5.74, 6) is 1.82. The molecule has 0 amide bonds. The van der Waals surface area contributed by atoms with Crippen molar-refractivity contribution < 1.29 is 5.11 Å². The third-order valence-electron chi connectivity index (χ3n) is 4.45. The van der Waals surface area contributed by atoms with Crippen LogP contribution in [-0.4, -0.2) is 48.3 Å². The Morgan fingerprint density at radius 2 is 2.11 bits per heavy atom. The summed E-state index contributed by atoms with van der Waals surface area (Å²) in [6.45, 7) is 11.3. The molecule has 1 aliphatic rings. The number of aliphatic hydroxyl groups excluding tert-OH is 1. The molecule has 3 heteroatoms. The van der Waals surface area contributed by atoms with Gasteiger partial charge in [-0.3, -0.25) is 0 Å². The van der Waals surface area contributed by atoms with E-state index in [0.717, 1.165) is 31.2 Å². The van der Waals surface area contributed by atoms with Crippen LogP contribution in [0.2, 0.25) is 0 Å². The highest BCUT2D eigenvalue weighted by Crippen LogP contribution is 2.38. The number of nitrogens with zero attached hydrogens (tertiary/aromatic N) is 1. The summed E-state index contributed by atoms with van der Waals surface area (Å²) in [4.78, 5) is 2.45. The van der Waals surface area contributed by atoms with Gasteiger partial charge < -0.3 is 15.3 Å². The second kappa shape index (κ2) is 6.88. The molecule has 0 radical (unpaired) electrons. The lowest BCUT2D eigenvalue weighted by Gasteiger charge is -2.35. The standard InChI is InChI=1S/C15H32N2O/c1-6-7-16-15(4,11-18)9-13(3)17(5)10-14-8-12(14)2/h12-14,16,18H,6-11H2,1-5H3. The minimum Gasteiger partial charge on any atom is -0.394 e. The molecule has 0 heterocycles. The van der Waals surface area contributed by atoms with Gasteiger partial charge in [-0.05, 0) is 58.5 Å². The van der Waals surface area contributed by atoms with Crippen molar-refractivity contribution in [3.63, 3.8) is 0 Å². The van der Waals surface area contributed by atoms with Gasteiger partial charge in [-0.15, -0.1) is 0 Å². The van der Waals surface area contributed by atoms with Gasteiger partial charge in [0.2, 0.25) is 0 Å². The van der Waals surface area contributed by atoms with Gasteiger partial charge in [0.1, 0.15) is 0 Å². The highest BCUT2D eigenvalue weighted by molar-refractivity contribution is 4.89. The number of hydrogen-bond donors (Lipinski definition) is 2. The maximum Gasteiger partial charge on any atom is 0.0611 e. The summed E-state index contributed by atoms with van der Waals surface area (Å²) in [5.41, 5.74) is -0.140. The zero-order chi connectivity index (χ0) is 13.8. The summed E-state index contributed by atoms with van der Waals surface area (Å²) in [5, 5.41) is 13.1. The van der Waals surface area contributed by atoms with Crippen LogP contribution in [0.4, 0.5) is 0 Å². The summed E-state index contributed by atoms with van der Waals surface area (Å²) >= 11 is 0. The SMILES string of the molecule is CCCNC(C)(CO)CC(C)N(C)CC1CC1C. The zero-order valence-electron chi connectivity index (χ0n) is 12.9. The molecule has 4 atom stereocenters. The van der Waals surface area contributed by atoms with Crippen molar-refractivity contribution in [2.45, 2.75) is 58.5 Å². The van der Waals surface area contributed by atoms with E-state index in [0.29, 0.717) is 6.04 Å². The van der Waals surface area contributed by atoms with Crippen molar-refractivity contribution in [2.24, 2.45) is 11.8 Å². The molecule has 1 aliphatic carbocycles. The Hall–Kier alpha value is -0.120. The second-order valence-electron chi connectivity index (χ2n) is 6.61. The fourth-order valence-corrected chi connectivity index (χ4v) is 2.63. The van der Waals surface area contributed by atoms with E-state index < -0.39 is 0 Å². The lowest BCUT2D eigenvalue weighted by atomic mass is 9.93. The molecule has 1 rings (SSSR count). The molecule has 4 unspecified atom stereocenters. The molecule has 0 aliphatic heterocycles. The van der Waals surface area contributed by atoms with Gasteiger partial charge in [0.15, 0.2) is 0 Å². The minimum absolute atomic E-state index is 0.140. The predicted molar refractivity (Wildman–Crippen MR) is 77.8 cm³/mol. The zero-order valence-corrected chi connectivity index (χ0v) is 12.9. The molecule has 1 fully saturated rings. The molecule has 3 nitrogen and oxygen atoms in total.